The summed E-state index contributed by atoms with van der Waals surface area (Å²) < 4.78 is 20.9. The van der Waals surface area contributed by atoms with Gasteiger partial charge in [-0.3, -0.25) is 4.79 Å². The zero-order valence-electron chi connectivity index (χ0n) is 14.1. The van der Waals surface area contributed by atoms with Crippen LogP contribution in [0.5, 0.6) is 28.7 Å². The molecule has 0 saturated carbocycles. The van der Waals surface area contributed by atoms with E-state index >= 15 is 0 Å². The first kappa shape index (κ1) is 17.5. The summed E-state index contributed by atoms with van der Waals surface area (Å²) in [6, 6.07) is 8.45. The molecule has 2 rings (SSSR count). The van der Waals surface area contributed by atoms with Crippen LogP contribution in [0.15, 0.2) is 30.3 Å². The average molecular weight is 332 g/mol. The molecule has 0 aliphatic rings. The Labute approximate surface area is 140 Å². The lowest BCUT2D eigenvalue weighted by Gasteiger charge is -2.15. The fourth-order valence-corrected chi connectivity index (χ4v) is 2.26. The zero-order chi connectivity index (χ0) is 17.7. The number of ether oxygens (including phenoxy) is 4. The third kappa shape index (κ3) is 3.37. The van der Waals surface area contributed by atoms with Gasteiger partial charge in [-0.1, -0.05) is 6.92 Å². The number of hydrogen-bond donors (Lipinski definition) is 1. The Morgan fingerprint density at radius 3 is 2.25 bits per heavy atom. The molecule has 0 spiro atoms. The average Bonchev–Trinajstić information content (AvgIpc) is 2.61. The summed E-state index contributed by atoms with van der Waals surface area (Å²) >= 11 is 0. The third-order valence-electron chi connectivity index (χ3n) is 3.51. The first-order valence-corrected chi connectivity index (χ1v) is 7.38. The molecule has 24 heavy (non-hydrogen) atoms. The highest BCUT2D eigenvalue weighted by molar-refractivity contribution is 5.82. The van der Waals surface area contributed by atoms with Crippen LogP contribution in [-0.4, -0.2) is 32.4 Å². The summed E-state index contributed by atoms with van der Waals surface area (Å²) in [5.74, 6) is 0.871. The van der Waals surface area contributed by atoms with Crippen LogP contribution in [0.1, 0.15) is 13.3 Å². The maximum atomic E-state index is 11.5. The second-order valence-electron chi connectivity index (χ2n) is 4.89. The van der Waals surface area contributed by atoms with Gasteiger partial charge in [-0.05, 0) is 24.3 Å². The van der Waals surface area contributed by atoms with Crippen molar-refractivity contribution in [1.82, 2.24) is 0 Å². The molecule has 0 bridgehead atoms. The lowest BCUT2D eigenvalue weighted by Crippen LogP contribution is -2.06. The van der Waals surface area contributed by atoms with E-state index in [4.69, 9.17) is 18.9 Å². The number of benzene rings is 2. The van der Waals surface area contributed by atoms with E-state index in [9.17, 15) is 9.90 Å². The molecular formula is C18H20O6. The maximum absolute atomic E-state index is 11.5. The maximum Gasteiger partial charge on any atom is 0.311 e. The van der Waals surface area contributed by atoms with Crippen LogP contribution in [0.3, 0.4) is 0 Å². The van der Waals surface area contributed by atoms with Crippen molar-refractivity contribution in [2.24, 2.45) is 0 Å². The van der Waals surface area contributed by atoms with Gasteiger partial charge in [0.1, 0.15) is 11.5 Å². The quantitative estimate of drug-likeness (QED) is 0.645. The van der Waals surface area contributed by atoms with Crippen LogP contribution in [0, 0.1) is 0 Å². The Bertz CT molecular complexity index is 739. The van der Waals surface area contributed by atoms with Crippen LogP contribution in [-0.2, 0) is 4.79 Å². The lowest BCUT2D eigenvalue weighted by atomic mass is 10.0. The third-order valence-corrected chi connectivity index (χ3v) is 3.51. The minimum absolute atomic E-state index is 0.0900. The van der Waals surface area contributed by atoms with Crippen molar-refractivity contribution < 1.29 is 28.8 Å². The smallest absolute Gasteiger partial charge is 0.311 e. The number of hydrogen-bond acceptors (Lipinski definition) is 6. The molecule has 0 unspecified atom stereocenters. The number of carbonyl (C=O) groups excluding carboxylic acids is 1. The van der Waals surface area contributed by atoms with Crippen LogP contribution in [0.25, 0.3) is 11.1 Å². The number of phenols is 1. The van der Waals surface area contributed by atoms with Gasteiger partial charge in [0, 0.05) is 23.6 Å². The molecule has 1 N–H and O–H groups in total. The van der Waals surface area contributed by atoms with Crippen molar-refractivity contribution in [3.05, 3.63) is 30.3 Å². The van der Waals surface area contributed by atoms with Crippen molar-refractivity contribution in [2.75, 3.05) is 21.3 Å². The van der Waals surface area contributed by atoms with E-state index in [0.717, 1.165) is 0 Å². The van der Waals surface area contributed by atoms with Gasteiger partial charge in [-0.15, -0.1) is 0 Å². The number of aromatic hydroxyl groups is 1. The molecule has 0 saturated heterocycles. The number of methoxy groups -OCH3 is 3. The number of rotatable bonds is 6. The summed E-state index contributed by atoms with van der Waals surface area (Å²) in [6.45, 7) is 1.69. The molecule has 0 radical (unpaired) electrons. The zero-order valence-corrected chi connectivity index (χ0v) is 14.1. The minimum atomic E-state index is -0.414. The second-order valence-corrected chi connectivity index (χ2v) is 4.89. The molecule has 0 aliphatic heterocycles. The molecule has 128 valence electrons. The molecule has 6 heteroatoms. The fourth-order valence-electron chi connectivity index (χ4n) is 2.26. The monoisotopic (exact) mass is 332 g/mol. The van der Waals surface area contributed by atoms with Crippen LogP contribution >= 0.6 is 0 Å². The highest BCUT2D eigenvalue weighted by atomic mass is 16.6. The van der Waals surface area contributed by atoms with E-state index in [2.05, 4.69) is 0 Å². The highest BCUT2D eigenvalue weighted by Crippen LogP contribution is 2.46. The van der Waals surface area contributed by atoms with Crippen molar-refractivity contribution in [1.29, 1.82) is 0 Å². The van der Waals surface area contributed by atoms with Gasteiger partial charge in [0.2, 0.25) is 5.75 Å². The Balaban J connectivity index is 2.54. The lowest BCUT2D eigenvalue weighted by molar-refractivity contribution is -0.134. The van der Waals surface area contributed by atoms with Crippen LogP contribution in [0.2, 0.25) is 0 Å². The predicted octanol–water partition coefficient (Wildman–Crippen LogP) is 3.40. The standard InChI is InChI=1S/C18H20O6/c1-5-16(19)24-14-9-8-13(17(20)18(14)23-4)12-7-6-11(21-2)10-15(12)22-3/h6-10,20H,5H2,1-4H3. The van der Waals surface area contributed by atoms with E-state index in [1.54, 1.807) is 44.4 Å². The van der Waals surface area contributed by atoms with E-state index in [0.29, 0.717) is 22.6 Å². The van der Waals surface area contributed by atoms with Crippen molar-refractivity contribution >= 4 is 5.97 Å². The largest absolute Gasteiger partial charge is 0.504 e. The molecule has 0 amide bonds. The Hall–Kier alpha value is -2.89. The van der Waals surface area contributed by atoms with Gasteiger partial charge < -0.3 is 24.1 Å². The van der Waals surface area contributed by atoms with Gasteiger partial charge in [-0.25, -0.2) is 0 Å². The first-order valence-electron chi connectivity index (χ1n) is 7.38. The van der Waals surface area contributed by atoms with E-state index in [1.165, 1.54) is 14.2 Å². The fraction of sp³-hybridized carbons (Fsp3) is 0.278. The molecule has 0 fully saturated rings. The Morgan fingerprint density at radius 2 is 1.67 bits per heavy atom. The highest BCUT2D eigenvalue weighted by Gasteiger charge is 2.20. The van der Waals surface area contributed by atoms with Gasteiger partial charge in [0.05, 0.1) is 21.3 Å². The Morgan fingerprint density at radius 1 is 0.958 bits per heavy atom. The number of esters is 1. The molecule has 2 aromatic rings. The van der Waals surface area contributed by atoms with E-state index < -0.39 is 5.97 Å². The molecule has 0 aliphatic carbocycles. The van der Waals surface area contributed by atoms with E-state index in [1.807, 2.05) is 0 Å². The van der Waals surface area contributed by atoms with Crippen LogP contribution in [0.4, 0.5) is 0 Å². The minimum Gasteiger partial charge on any atom is -0.504 e. The topological polar surface area (TPSA) is 74.2 Å². The van der Waals surface area contributed by atoms with Gasteiger partial charge in [0.25, 0.3) is 0 Å². The number of phenolic OH excluding ortho intramolecular Hbond substituents is 1. The van der Waals surface area contributed by atoms with Crippen molar-refractivity contribution in [2.45, 2.75) is 13.3 Å². The summed E-state index contributed by atoms with van der Waals surface area (Å²) in [5, 5.41) is 10.6. The summed E-state index contributed by atoms with van der Waals surface area (Å²) in [7, 11) is 4.49. The van der Waals surface area contributed by atoms with Crippen molar-refractivity contribution in [3.63, 3.8) is 0 Å². The molecular weight excluding hydrogens is 312 g/mol. The molecule has 2 aromatic carbocycles. The first-order chi connectivity index (χ1) is 11.5. The SMILES string of the molecule is CCC(=O)Oc1ccc(-c2ccc(OC)cc2OC)c(O)c1OC. The second kappa shape index (κ2) is 7.59. The predicted molar refractivity (Wildman–Crippen MR) is 89.1 cm³/mol. The van der Waals surface area contributed by atoms with E-state index in [-0.39, 0.29) is 23.7 Å². The normalized spacial score (nSPS) is 10.2. The van der Waals surface area contributed by atoms with Crippen molar-refractivity contribution in [3.8, 4) is 39.9 Å². The van der Waals surface area contributed by atoms with Gasteiger partial charge >= 0.3 is 5.97 Å². The Kier molecular flexibility index (Phi) is 5.52. The molecule has 6 nitrogen and oxygen atoms in total. The molecule has 0 heterocycles. The molecule has 0 atom stereocenters. The number of carbonyl (C=O) groups is 1. The summed E-state index contributed by atoms with van der Waals surface area (Å²) in [5.41, 5.74) is 1.14. The van der Waals surface area contributed by atoms with Gasteiger partial charge in [0.15, 0.2) is 11.5 Å². The summed E-state index contributed by atoms with van der Waals surface area (Å²) in [6.07, 6.45) is 0.220. The van der Waals surface area contributed by atoms with Crippen LogP contribution < -0.4 is 18.9 Å². The molecule has 0 aromatic heterocycles. The summed E-state index contributed by atoms with van der Waals surface area (Å²) in [4.78, 5) is 11.5. The van der Waals surface area contributed by atoms with Gasteiger partial charge in [-0.2, -0.15) is 0 Å².